The maximum Gasteiger partial charge on any atom is 0.257 e. The molecule has 0 atom stereocenters. The van der Waals surface area contributed by atoms with Gasteiger partial charge in [0, 0.05) is 23.1 Å². The Morgan fingerprint density at radius 1 is 1.04 bits per heavy atom. The Balaban J connectivity index is 2.00. The SMILES string of the molecule is Cc1[nH]ccc1C(=O)Nc1ccccc1-c1cc(F)c(F)c(F)c1. The maximum atomic E-state index is 13.5. The van der Waals surface area contributed by atoms with Crippen molar-refractivity contribution in [3.05, 3.63) is 77.4 Å². The van der Waals surface area contributed by atoms with Crippen LogP contribution >= 0.6 is 0 Å². The smallest absolute Gasteiger partial charge is 0.257 e. The summed E-state index contributed by atoms with van der Waals surface area (Å²) in [6.45, 7) is 1.76. The second-order valence-corrected chi connectivity index (χ2v) is 5.27. The van der Waals surface area contributed by atoms with Crippen LogP contribution in [0.4, 0.5) is 18.9 Å². The van der Waals surface area contributed by atoms with Gasteiger partial charge in [0.25, 0.3) is 5.91 Å². The van der Waals surface area contributed by atoms with Gasteiger partial charge in [-0.25, -0.2) is 13.2 Å². The fourth-order valence-electron chi connectivity index (χ4n) is 2.44. The zero-order chi connectivity index (χ0) is 17.3. The molecule has 3 rings (SSSR count). The second kappa shape index (κ2) is 6.23. The van der Waals surface area contributed by atoms with Crippen LogP contribution in [0.3, 0.4) is 0 Å². The molecule has 2 aromatic carbocycles. The lowest BCUT2D eigenvalue weighted by atomic mass is 10.0. The normalized spacial score (nSPS) is 10.7. The van der Waals surface area contributed by atoms with E-state index in [0.717, 1.165) is 12.1 Å². The van der Waals surface area contributed by atoms with Crippen molar-refractivity contribution in [1.82, 2.24) is 4.98 Å². The van der Waals surface area contributed by atoms with E-state index < -0.39 is 17.5 Å². The van der Waals surface area contributed by atoms with Crippen molar-refractivity contribution < 1.29 is 18.0 Å². The highest BCUT2D eigenvalue weighted by Gasteiger charge is 2.16. The molecule has 0 radical (unpaired) electrons. The summed E-state index contributed by atoms with van der Waals surface area (Å²) in [5, 5.41) is 2.71. The van der Waals surface area contributed by atoms with E-state index >= 15 is 0 Å². The topological polar surface area (TPSA) is 44.9 Å². The van der Waals surface area contributed by atoms with Crippen molar-refractivity contribution >= 4 is 11.6 Å². The Labute approximate surface area is 136 Å². The fourth-order valence-corrected chi connectivity index (χ4v) is 2.44. The van der Waals surface area contributed by atoms with Gasteiger partial charge in [-0.2, -0.15) is 0 Å². The number of para-hydroxylation sites is 1. The van der Waals surface area contributed by atoms with Crippen molar-refractivity contribution in [3.63, 3.8) is 0 Å². The van der Waals surface area contributed by atoms with Gasteiger partial charge >= 0.3 is 0 Å². The Hall–Kier alpha value is -3.02. The number of hydrogen-bond acceptors (Lipinski definition) is 1. The highest BCUT2D eigenvalue weighted by atomic mass is 19.2. The third kappa shape index (κ3) is 2.90. The van der Waals surface area contributed by atoms with Crippen LogP contribution in [-0.4, -0.2) is 10.9 Å². The number of anilines is 1. The lowest BCUT2D eigenvalue weighted by molar-refractivity contribution is 0.102. The van der Waals surface area contributed by atoms with Crippen molar-refractivity contribution in [1.29, 1.82) is 0 Å². The first-order valence-electron chi connectivity index (χ1n) is 7.16. The van der Waals surface area contributed by atoms with Gasteiger partial charge in [0.05, 0.1) is 5.56 Å². The molecule has 0 unspecified atom stereocenters. The third-order valence-corrected chi connectivity index (χ3v) is 3.67. The van der Waals surface area contributed by atoms with Gasteiger partial charge in [-0.1, -0.05) is 18.2 Å². The molecule has 3 nitrogen and oxygen atoms in total. The number of rotatable bonds is 3. The summed E-state index contributed by atoms with van der Waals surface area (Å²) in [6.07, 6.45) is 1.64. The van der Waals surface area contributed by atoms with E-state index in [-0.39, 0.29) is 11.5 Å². The van der Waals surface area contributed by atoms with E-state index in [1.165, 1.54) is 0 Å². The average Bonchev–Trinajstić information content (AvgIpc) is 2.99. The number of nitrogens with one attached hydrogen (secondary N) is 2. The summed E-state index contributed by atoms with van der Waals surface area (Å²) in [5.41, 5.74) is 2.04. The van der Waals surface area contributed by atoms with Crippen molar-refractivity contribution in [2.75, 3.05) is 5.32 Å². The molecule has 3 aromatic rings. The van der Waals surface area contributed by atoms with Gasteiger partial charge in [0.1, 0.15) is 0 Å². The number of hydrogen-bond donors (Lipinski definition) is 2. The zero-order valence-corrected chi connectivity index (χ0v) is 12.7. The first-order chi connectivity index (χ1) is 11.5. The van der Waals surface area contributed by atoms with Gasteiger partial charge in [-0.3, -0.25) is 4.79 Å². The molecule has 122 valence electrons. The van der Waals surface area contributed by atoms with Crippen molar-refractivity contribution in [3.8, 4) is 11.1 Å². The molecule has 1 amide bonds. The van der Waals surface area contributed by atoms with Crippen LogP contribution in [0.1, 0.15) is 16.1 Å². The Bertz CT molecular complexity index is 895. The first kappa shape index (κ1) is 15.9. The Morgan fingerprint density at radius 2 is 1.71 bits per heavy atom. The summed E-state index contributed by atoms with van der Waals surface area (Å²) in [7, 11) is 0. The lowest BCUT2D eigenvalue weighted by Crippen LogP contribution is -2.13. The largest absolute Gasteiger partial charge is 0.365 e. The monoisotopic (exact) mass is 330 g/mol. The molecule has 0 aliphatic heterocycles. The van der Waals surface area contributed by atoms with E-state index in [2.05, 4.69) is 10.3 Å². The summed E-state index contributed by atoms with van der Waals surface area (Å²) in [5.74, 6) is -4.45. The van der Waals surface area contributed by atoms with Gasteiger partial charge in [0.15, 0.2) is 17.5 Å². The van der Waals surface area contributed by atoms with E-state index in [1.54, 1.807) is 43.5 Å². The molecular weight excluding hydrogens is 317 g/mol. The quantitative estimate of drug-likeness (QED) is 0.674. The average molecular weight is 330 g/mol. The molecule has 0 saturated heterocycles. The minimum absolute atomic E-state index is 0.132. The van der Waals surface area contributed by atoms with Crippen LogP contribution in [0.25, 0.3) is 11.1 Å². The number of aryl methyl sites for hydroxylation is 1. The molecule has 0 saturated carbocycles. The van der Waals surface area contributed by atoms with Gasteiger partial charge < -0.3 is 10.3 Å². The number of carbonyl (C=O) groups excluding carboxylic acids is 1. The summed E-state index contributed by atoms with van der Waals surface area (Å²) < 4.78 is 40.1. The molecule has 6 heteroatoms. The van der Waals surface area contributed by atoms with Gasteiger partial charge in [-0.05, 0) is 36.8 Å². The molecule has 0 aliphatic rings. The van der Waals surface area contributed by atoms with Crippen molar-refractivity contribution in [2.24, 2.45) is 0 Å². The highest BCUT2D eigenvalue weighted by Crippen LogP contribution is 2.30. The van der Waals surface area contributed by atoms with E-state index in [0.29, 0.717) is 22.5 Å². The Morgan fingerprint density at radius 3 is 2.33 bits per heavy atom. The van der Waals surface area contributed by atoms with Crippen LogP contribution in [0.5, 0.6) is 0 Å². The molecule has 0 fully saturated rings. The molecular formula is C18H13F3N2O. The number of amides is 1. The number of carbonyl (C=O) groups is 1. The number of benzene rings is 2. The minimum Gasteiger partial charge on any atom is -0.365 e. The summed E-state index contributed by atoms with van der Waals surface area (Å²) in [6, 6.07) is 9.95. The first-order valence-corrected chi connectivity index (χ1v) is 7.16. The second-order valence-electron chi connectivity index (χ2n) is 5.27. The molecule has 0 spiro atoms. The predicted molar refractivity (Wildman–Crippen MR) is 85.2 cm³/mol. The number of aromatic amines is 1. The highest BCUT2D eigenvalue weighted by molar-refractivity contribution is 6.07. The fraction of sp³-hybridized carbons (Fsp3) is 0.0556. The van der Waals surface area contributed by atoms with E-state index in [9.17, 15) is 18.0 Å². The number of aromatic nitrogens is 1. The molecule has 1 heterocycles. The summed E-state index contributed by atoms with van der Waals surface area (Å²) in [4.78, 5) is 15.2. The van der Waals surface area contributed by atoms with Crippen LogP contribution in [-0.2, 0) is 0 Å². The van der Waals surface area contributed by atoms with Crippen LogP contribution in [0.15, 0.2) is 48.7 Å². The third-order valence-electron chi connectivity index (χ3n) is 3.67. The predicted octanol–water partition coefficient (Wildman–Crippen LogP) is 4.66. The molecule has 1 aromatic heterocycles. The molecule has 2 N–H and O–H groups in total. The minimum atomic E-state index is -1.52. The van der Waals surface area contributed by atoms with Crippen molar-refractivity contribution in [2.45, 2.75) is 6.92 Å². The number of halogens is 3. The van der Waals surface area contributed by atoms with E-state index in [4.69, 9.17) is 0 Å². The molecule has 0 bridgehead atoms. The number of H-pyrrole nitrogens is 1. The van der Waals surface area contributed by atoms with Crippen LogP contribution in [0, 0.1) is 24.4 Å². The van der Waals surface area contributed by atoms with Crippen LogP contribution in [0.2, 0.25) is 0 Å². The lowest BCUT2D eigenvalue weighted by Gasteiger charge is -2.12. The van der Waals surface area contributed by atoms with Crippen LogP contribution < -0.4 is 5.32 Å². The zero-order valence-electron chi connectivity index (χ0n) is 12.7. The van der Waals surface area contributed by atoms with Gasteiger partial charge in [0.2, 0.25) is 0 Å². The molecule has 0 aliphatic carbocycles. The Kier molecular flexibility index (Phi) is 4.12. The maximum absolute atomic E-state index is 13.5. The van der Waals surface area contributed by atoms with E-state index in [1.807, 2.05) is 0 Å². The summed E-state index contributed by atoms with van der Waals surface area (Å²) >= 11 is 0. The molecule has 24 heavy (non-hydrogen) atoms. The van der Waals surface area contributed by atoms with Gasteiger partial charge in [-0.15, -0.1) is 0 Å². The standard InChI is InChI=1S/C18H13F3N2O/c1-10-12(6-7-22-10)18(24)23-16-5-3-2-4-13(16)11-8-14(19)17(21)15(20)9-11/h2-9,22H,1H3,(H,23,24).